The van der Waals surface area contributed by atoms with Crippen LogP contribution in [0.15, 0.2) is 24.3 Å². The second-order valence-electron chi connectivity index (χ2n) is 6.34. The average molecular weight is 276 g/mol. The molecule has 112 valence electrons. The van der Waals surface area contributed by atoms with E-state index in [1.54, 1.807) is 4.90 Å². The predicted octanol–water partition coefficient (Wildman–Crippen LogP) is 2.86. The summed E-state index contributed by atoms with van der Waals surface area (Å²) in [4.78, 5) is 14.0. The van der Waals surface area contributed by atoms with Gasteiger partial charge in [0.2, 0.25) is 5.91 Å². The Bertz CT molecular complexity index is 437. The van der Waals surface area contributed by atoms with Gasteiger partial charge in [0.1, 0.15) is 0 Å². The van der Waals surface area contributed by atoms with E-state index in [0.29, 0.717) is 6.54 Å². The summed E-state index contributed by atoms with van der Waals surface area (Å²) in [5, 5.41) is 0. The van der Waals surface area contributed by atoms with E-state index in [9.17, 15) is 4.79 Å². The molecule has 0 aliphatic heterocycles. The maximum Gasteiger partial charge on any atom is 0.239 e. The van der Waals surface area contributed by atoms with Crippen molar-refractivity contribution in [1.29, 1.82) is 0 Å². The molecule has 0 fully saturated rings. The van der Waals surface area contributed by atoms with Crippen molar-refractivity contribution in [2.75, 3.05) is 13.6 Å². The molecule has 1 atom stereocenters. The monoisotopic (exact) mass is 276 g/mol. The average Bonchev–Trinajstić information content (AvgIpc) is 2.38. The number of hydrogen-bond donors (Lipinski definition) is 1. The normalized spacial score (nSPS) is 13.1. The minimum absolute atomic E-state index is 0.0343. The molecule has 3 nitrogen and oxygen atoms in total. The molecule has 1 aromatic carbocycles. The Hall–Kier alpha value is -1.35. The third-order valence-corrected chi connectivity index (χ3v) is 3.76. The van der Waals surface area contributed by atoms with Crippen LogP contribution in [-0.2, 0) is 10.2 Å². The van der Waals surface area contributed by atoms with Crippen LogP contribution in [0.25, 0.3) is 0 Å². The maximum atomic E-state index is 12.2. The number of amides is 1. The van der Waals surface area contributed by atoms with Crippen LogP contribution < -0.4 is 5.73 Å². The summed E-state index contributed by atoms with van der Waals surface area (Å²) in [6.07, 6.45) is 1.68. The molecule has 0 saturated carbocycles. The topological polar surface area (TPSA) is 46.3 Å². The molecule has 0 bridgehead atoms. The van der Waals surface area contributed by atoms with Crippen molar-refractivity contribution in [3.63, 3.8) is 0 Å². The first-order valence-electron chi connectivity index (χ1n) is 7.35. The maximum absolute atomic E-state index is 12.2. The number of aryl methyl sites for hydroxylation is 1. The van der Waals surface area contributed by atoms with Crippen molar-refractivity contribution in [2.45, 2.75) is 52.0 Å². The van der Waals surface area contributed by atoms with Gasteiger partial charge in [0.25, 0.3) is 0 Å². The first-order valence-corrected chi connectivity index (χ1v) is 7.35. The van der Waals surface area contributed by atoms with Crippen LogP contribution in [0, 0.1) is 6.92 Å². The smallest absolute Gasteiger partial charge is 0.239 e. The molecule has 1 unspecified atom stereocenters. The minimum Gasteiger partial charge on any atom is -0.344 e. The lowest BCUT2D eigenvalue weighted by Crippen LogP contribution is -2.46. The predicted molar refractivity (Wildman–Crippen MR) is 84.7 cm³/mol. The van der Waals surface area contributed by atoms with Crippen molar-refractivity contribution in [2.24, 2.45) is 5.73 Å². The first kappa shape index (κ1) is 16.7. The zero-order valence-corrected chi connectivity index (χ0v) is 13.4. The van der Waals surface area contributed by atoms with Crippen molar-refractivity contribution in [3.8, 4) is 0 Å². The molecule has 1 rings (SSSR count). The third kappa shape index (κ3) is 4.34. The van der Waals surface area contributed by atoms with Gasteiger partial charge in [-0.25, -0.2) is 0 Å². The number of nitrogens with two attached hydrogens (primary N) is 1. The van der Waals surface area contributed by atoms with Gasteiger partial charge in [-0.05, 0) is 18.9 Å². The van der Waals surface area contributed by atoms with Crippen LogP contribution in [0.5, 0.6) is 0 Å². The largest absolute Gasteiger partial charge is 0.344 e. The van der Waals surface area contributed by atoms with Gasteiger partial charge in [-0.15, -0.1) is 0 Å². The molecule has 20 heavy (non-hydrogen) atoms. The summed E-state index contributed by atoms with van der Waals surface area (Å²) >= 11 is 0. The fraction of sp³-hybridized carbons (Fsp3) is 0.588. The van der Waals surface area contributed by atoms with E-state index in [2.05, 4.69) is 45.0 Å². The highest BCUT2D eigenvalue weighted by molar-refractivity contribution is 5.81. The Labute approximate surface area is 123 Å². The first-order chi connectivity index (χ1) is 9.27. The van der Waals surface area contributed by atoms with Gasteiger partial charge >= 0.3 is 0 Å². The molecule has 1 amide bonds. The summed E-state index contributed by atoms with van der Waals surface area (Å²) in [5.74, 6) is 0.0343. The highest BCUT2D eigenvalue weighted by atomic mass is 16.2. The van der Waals surface area contributed by atoms with Crippen LogP contribution in [0.1, 0.15) is 44.7 Å². The number of carbonyl (C=O) groups is 1. The fourth-order valence-corrected chi connectivity index (χ4v) is 2.48. The third-order valence-electron chi connectivity index (χ3n) is 3.76. The lowest BCUT2D eigenvalue weighted by molar-refractivity contribution is -0.132. The molecule has 0 spiro atoms. The number of carbonyl (C=O) groups excluding carboxylic acids is 1. The molecule has 0 aliphatic carbocycles. The molecule has 1 aromatic rings. The van der Waals surface area contributed by atoms with Gasteiger partial charge in [0.15, 0.2) is 0 Å². The number of rotatable bonds is 6. The van der Waals surface area contributed by atoms with Gasteiger partial charge in [0, 0.05) is 19.0 Å². The van der Waals surface area contributed by atoms with Crippen LogP contribution in [0.3, 0.4) is 0 Å². The van der Waals surface area contributed by atoms with E-state index in [4.69, 9.17) is 5.73 Å². The summed E-state index contributed by atoms with van der Waals surface area (Å²) in [6, 6.07) is 8.13. The van der Waals surface area contributed by atoms with E-state index in [0.717, 1.165) is 12.8 Å². The van der Waals surface area contributed by atoms with Crippen LogP contribution in [0.2, 0.25) is 0 Å². The number of benzene rings is 1. The lowest BCUT2D eigenvalue weighted by Gasteiger charge is -2.32. The van der Waals surface area contributed by atoms with Crippen molar-refractivity contribution < 1.29 is 4.79 Å². The highest BCUT2D eigenvalue weighted by Gasteiger charge is 2.26. The quantitative estimate of drug-likeness (QED) is 0.868. The second-order valence-corrected chi connectivity index (χ2v) is 6.34. The van der Waals surface area contributed by atoms with Crippen LogP contribution in [-0.4, -0.2) is 30.4 Å². The summed E-state index contributed by atoms with van der Waals surface area (Å²) in [5.41, 5.74) is 8.33. The van der Waals surface area contributed by atoms with E-state index in [1.807, 2.05) is 14.0 Å². The molecule has 2 N–H and O–H groups in total. The van der Waals surface area contributed by atoms with Gasteiger partial charge < -0.3 is 10.6 Å². The molecule has 0 saturated heterocycles. The van der Waals surface area contributed by atoms with Crippen molar-refractivity contribution >= 4 is 5.91 Å². The molecule has 0 radical (unpaired) electrons. The van der Waals surface area contributed by atoms with Crippen LogP contribution >= 0.6 is 0 Å². The second kappa shape index (κ2) is 6.89. The van der Waals surface area contributed by atoms with E-state index < -0.39 is 0 Å². The molecular weight excluding hydrogens is 248 g/mol. The Morgan fingerprint density at radius 1 is 1.30 bits per heavy atom. The number of nitrogens with zero attached hydrogens (tertiary/aromatic N) is 1. The van der Waals surface area contributed by atoms with Crippen LogP contribution in [0.4, 0.5) is 0 Å². The zero-order chi connectivity index (χ0) is 15.3. The van der Waals surface area contributed by atoms with E-state index >= 15 is 0 Å². The minimum atomic E-state index is -0.376. The summed E-state index contributed by atoms with van der Waals surface area (Å²) < 4.78 is 0. The molecule has 3 heteroatoms. The standard InChI is InChI=1S/C17H28N2O/c1-6-7-15(18)16(20)19(5)12-17(3,4)14-10-8-13(2)9-11-14/h8-11,15H,6-7,12,18H2,1-5H3. The lowest BCUT2D eigenvalue weighted by atomic mass is 9.83. The fourth-order valence-electron chi connectivity index (χ4n) is 2.48. The summed E-state index contributed by atoms with van der Waals surface area (Å²) in [7, 11) is 1.84. The van der Waals surface area contributed by atoms with Gasteiger partial charge in [-0.2, -0.15) is 0 Å². The van der Waals surface area contributed by atoms with Gasteiger partial charge in [0.05, 0.1) is 6.04 Å². The molecule has 0 aromatic heterocycles. The zero-order valence-electron chi connectivity index (χ0n) is 13.4. The van der Waals surface area contributed by atoms with E-state index in [1.165, 1.54) is 11.1 Å². The van der Waals surface area contributed by atoms with Crippen molar-refractivity contribution in [3.05, 3.63) is 35.4 Å². The van der Waals surface area contributed by atoms with Gasteiger partial charge in [-0.3, -0.25) is 4.79 Å². The summed E-state index contributed by atoms with van der Waals surface area (Å²) in [6.45, 7) is 9.12. The highest BCUT2D eigenvalue weighted by Crippen LogP contribution is 2.24. The number of hydrogen-bond acceptors (Lipinski definition) is 2. The molecule has 0 heterocycles. The Morgan fingerprint density at radius 2 is 1.85 bits per heavy atom. The Kier molecular flexibility index (Phi) is 5.75. The van der Waals surface area contributed by atoms with E-state index in [-0.39, 0.29) is 17.4 Å². The molecular formula is C17H28N2O. The van der Waals surface area contributed by atoms with Gasteiger partial charge in [-0.1, -0.05) is 57.0 Å². The number of likely N-dealkylation sites (N-methyl/N-ethyl adjacent to an activating group) is 1. The Balaban J connectivity index is 2.74. The van der Waals surface area contributed by atoms with Crippen molar-refractivity contribution in [1.82, 2.24) is 4.90 Å². The Morgan fingerprint density at radius 3 is 2.35 bits per heavy atom. The SMILES string of the molecule is CCCC(N)C(=O)N(C)CC(C)(C)c1ccc(C)cc1. The molecule has 0 aliphatic rings.